The van der Waals surface area contributed by atoms with Crippen LogP contribution in [0.5, 0.6) is 0 Å². The minimum atomic E-state index is -0.442. The van der Waals surface area contributed by atoms with Gasteiger partial charge < -0.3 is 26.2 Å². The number of anilines is 1. The van der Waals surface area contributed by atoms with Crippen LogP contribution in [-0.4, -0.2) is 89.6 Å². The Hall–Kier alpha value is -3.15. The van der Waals surface area contributed by atoms with Crippen LogP contribution in [0.2, 0.25) is 0 Å². The lowest BCUT2D eigenvalue weighted by atomic mass is 10.0. The van der Waals surface area contributed by atoms with E-state index < -0.39 is 4.92 Å². The standard InChI is InChI=1S/C24H36N8O4S/c1-25-30-17-9-10-18(20(15-17)32(35)36)26-11-5-13-31(2)14-6-12-27-22(33)8-4-3-7-21-23-19(16-37-21)28-24(34)29-23/h9-10,15,19,21,23H,1,3-8,11-14,16H2,2H3,(H3,27,28,29,33,34)/p+1/t19-,21-,23-/m0/s1. The number of thioether (sulfide) groups is 1. The second-order valence-electron chi connectivity index (χ2n) is 9.35. The smallest absolute Gasteiger partial charge is 0.315 e. The van der Waals surface area contributed by atoms with E-state index in [-0.39, 0.29) is 29.7 Å². The number of unbranched alkanes of at least 4 members (excludes halogenated alkanes) is 1. The molecular weight excluding hydrogens is 496 g/mol. The third-order valence-corrected chi connectivity index (χ3v) is 8.02. The molecule has 2 fully saturated rings. The monoisotopic (exact) mass is 533 g/mol. The average molecular weight is 534 g/mol. The molecular formula is C24H37N8O4S+. The van der Waals surface area contributed by atoms with Gasteiger partial charge in [0.25, 0.3) is 12.4 Å². The molecule has 202 valence electrons. The van der Waals surface area contributed by atoms with Gasteiger partial charge in [-0.05, 0) is 58.0 Å². The van der Waals surface area contributed by atoms with Crippen LogP contribution in [0.4, 0.5) is 21.9 Å². The second kappa shape index (κ2) is 14.6. The summed E-state index contributed by atoms with van der Waals surface area (Å²) in [6.07, 6.45) is 5.06. The first-order valence-corrected chi connectivity index (χ1v) is 13.7. The zero-order valence-corrected chi connectivity index (χ0v) is 22.1. The van der Waals surface area contributed by atoms with Gasteiger partial charge in [-0.15, -0.1) is 0 Å². The number of carbonyl (C=O) groups excluding carboxylic acids is 2. The van der Waals surface area contributed by atoms with E-state index in [4.69, 9.17) is 0 Å². The molecule has 0 unspecified atom stereocenters. The molecule has 0 aliphatic carbocycles. The van der Waals surface area contributed by atoms with Crippen molar-refractivity contribution in [3.63, 3.8) is 0 Å². The quantitative estimate of drug-likeness (QED) is 0.0484. The van der Waals surface area contributed by atoms with Crippen molar-refractivity contribution in [3.05, 3.63) is 28.3 Å². The molecule has 3 atom stereocenters. The molecule has 37 heavy (non-hydrogen) atoms. The molecule has 2 saturated heterocycles. The van der Waals surface area contributed by atoms with Crippen molar-refractivity contribution >= 4 is 47.5 Å². The Morgan fingerprint density at radius 3 is 2.81 bits per heavy atom. The van der Waals surface area contributed by atoms with E-state index in [1.165, 1.54) is 6.07 Å². The Morgan fingerprint density at radius 2 is 2.05 bits per heavy atom. The van der Waals surface area contributed by atoms with E-state index in [0.29, 0.717) is 36.1 Å². The third kappa shape index (κ3) is 9.03. The molecule has 13 heteroatoms. The number of hydrogen-bond acceptors (Lipinski definition) is 8. The van der Waals surface area contributed by atoms with Crippen molar-refractivity contribution < 1.29 is 19.3 Å². The van der Waals surface area contributed by atoms with Crippen molar-refractivity contribution in [2.75, 3.05) is 44.3 Å². The normalized spacial score (nSPS) is 20.1. The SMILES string of the molecule is C=[N+]=Nc1ccc(NCCCN(C)CCCNC(=O)CCCC[C@@H]2SC[C@@H]3NC(=O)N[C@@H]32)c([N+](=O)[O-])c1. The van der Waals surface area contributed by atoms with Crippen LogP contribution in [0.25, 0.3) is 0 Å². The van der Waals surface area contributed by atoms with Gasteiger partial charge in [-0.3, -0.25) is 14.9 Å². The predicted octanol–water partition coefficient (Wildman–Crippen LogP) is 2.55. The average Bonchev–Trinajstić information content (AvgIpc) is 3.42. The zero-order valence-electron chi connectivity index (χ0n) is 21.3. The Bertz CT molecular complexity index is 1000. The summed E-state index contributed by atoms with van der Waals surface area (Å²) in [5, 5.41) is 27.6. The second-order valence-corrected chi connectivity index (χ2v) is 10.6. The van der Waals surface area contributed by atoms with E-state index in [1.54, 1.807) is 12.1 Å². The van der Waals surface area contributed by atoms with Gasteiger partial charge in [0.1, 0.15) is 10.8 Å². The lowest BCUT2D eigenvalue weighted by molar-refractivity contribution is -0.383. The summed E-state index contributed by atoms with van der Waals surface area (Å²) in [5.74, 6) is 1.05. The van der Waals surface area contributed by atoms with E-state index in [0.717, 1.165) is 50.9 Å². The summed E-state index contributed by atoms with van der Waals surface area (Å²) in [6, 6.07) is 5.06. The highest BCUT2D eigenvalue weighted by Crippen LogP contribution is 2.33. The number of amides is 3. The van der Waals surface area contributed by atoms with Crippen LogP contribution in [-0.2, 0) is 4.79 Å². The molecule has 1 aromatic rings. The van der Waals surface area contributed by atoms with Crippen LogP contribution >= 0.6 is 11.8 Å². The van der Waals surface area contributed by atoms with Gasteiger partial charge in [0.15, 0.2) is 5.69 Å². The fourth-order valence-corrected chi connectivity index (χ4v) is 6.13. The highest BCUT2D eigenvalue weighted by Gasteiger charge is 2.42. The van der Waals surface area contributed by atoms with E-state index in [1.807, 2.05) is 18.8 Å². The topological polar surface area (TPSA) is 155 Å². The molecule has 12 nitrogen and oxygen atoms in total. The maximum Gasteiger partial charge on any atom is 0.315 e. The summed E-state index contributed by atoms with van der Waals surface area (Å²) in [5.41, 5.74) is 0.796. The summed E-state index contributed by atoms with van der Waals surface area (Å²) >= 11 is 1.90. The minimum absolute atomic E-state index is 0.0420. The van der Waals surface area contributed by atoms with Crippen LogP contribution in [0.15, 0.2) is 23.3 Å². The molecule has 0 aromatic heterocycles. The third-order valence-electron chi connectivity index (χ3n) is 6.52. The van der Waals surface area contributed by atoms with Gasteiger partial charge in [-0.1, -0.05) is 6.42 Å². The van der Waals surface area contributed by atoms with E-state index in [9.17, 15) is 19.7 Å². The van der Waals surface area contributed by atoms with Crippen molar-refractivity contribution in [1.82, 2.24) is 20.9 Å². The molecule has 0 saturated carbocycles. The van der Waals surface area contributed by atoms with Gasteiger partial charge >= 0.3 is 6.03 Å². The number of fused-ring (bicyclic) bond motifs is 1. The van der Waals surface area contributed by atoms with Crippen LogP contribution < -0.4 is 21.3 Å². The highest BCUT2D eigenvalue weighted by molar-refractivity contribution is 8.00. The molecule has 3 amide bonds. The van der Waals surface area contributed by atoms with Crippen molar-refractivity contribution in [1.29, 1.82) is 0 Å². The fourth-order valence-electron chi connectivity index (χ4n) is 4.59. The van der Waals surface area contributed by atoms with Gasteiger partial charge in [0.2, 0.25) is 5.91 Å². The van der Waals surface area contributed by atoms with E-state index in [2.05, 4.69) is 42.8 Å². The number of nitrogens with zero attached hydrogens (tertiary/aromatic N) is 4. The number of urea groups is 1. The zero-order chi connectivity index (χ0) is 26.6. The number of nitro groups is 1. The number of benzene rings is 1. The van der Waals surface area contributed by atoms with Crippen LogP contribution in [0, 0.1) is 10.1 Å². The maximum atomic E-state index is 12.1. The molecule has 2 aliphatic rings. The summed E-state index contributed by atoms with van der Waals surface area (Å²) < 4.78 is 0. The van der Waals surface area contributed by atoms with Gasteiger partial charge in [0.05, 0.1) is 23.1 Å². The van der Waals surface area contributed by atoms with E-state index >= 15 is 0 Å². The molecule has 2 aliphatic heterocycles. The predicted molar refractivity (Wildman–Crippen MR) is 145 cm³/mol. The molecule has 0 bridgehead atoms. The molecule has 3 rings (SSSR count). The maximum absolute atomic E-state index is 12.1. The first-order valence-electron chi connectivity index (χ1n) is 12.7. The molecule has 0 spiro atoms. The van der Waals surface area contributed by atoms with Crippen LogP contribution in [0.3, 0.4) is 0 Å². The largest absolute Gasteiger partial charge is 0.379 e. The first kappa shape index (κ1) is 28.4. The lowest BCUT2D eigenvalue weighted by Gasteiger charge is -2.17. The fraction of sp³-hybridized carbons (Fsp3) is 0.625. The number of nitro benzene ring substituents is 1. The Morgan fingerprint density at radius 1 is 1.27 bits per heavy atom. The Balaban J connectivity index is 1.20. The highest BCUT2D eigenvalue weighted by atomic mass is 32.2. The Labute approximate surface area is 221 Å². The summed E-state index contributed by atoms with van der Waals surface area (Å²) in [4.78, 5) is 40.0. The molecule has 1 aromatic carbocycles. The number of rotatable bonds is 16. The summed E-state index contributed by atoms with van der Waals surface area (Å²) in [7, 11) is 2.02. The molecule has 2 heterocycles. The van der Waals surface area contributed by atoms with Crippen LogP contribution in [0.1, 0.15) is 38.5 Å². The first-order chi connectivity index (χ1) is 17.9. The minimum Gasteiger partial charge on any atom is -0.379 e. The lowest BCUT2D eigenvalue weighted by Crippen LogP contribution is -2.36. The number of carbonyl (C=O) groups is 2. The van der Waals surface area contributed by atoms with Crippen molar-refractivity contribution in [3.8, 4) is 0 Å². The van der Waals surface area contributed by atoms with Gasteiger partial charge in [-0.25, -0.2) is 4.79 Å². The Kier molecular flexibility index (Phi) is 11.2. The summed E-state index contributed by atoms with van der Waals surface area (Å²) in [6.45, 7) is 6.19. The molecule has 4 N–H and O–H groups in total. The molecule has 0 radical (unpaired) electrons. The van der Waals surface area contributed by atoms with Crippen molar-refractivity contribution in [2.45, 2.75) is 55.9 Å². The van der Waals surface area contributed by atoms with Crippen molar-refractivity contribution in [2.24, 2.45) is 5.11 Å². The number of nitrogens with one attached hydrogen (secondary N) is 4. The van der Waals surface area contributed by atoms with Gasteiger partial charge in [0, 0.05) is 35.3 Å². The number of hydrogen-bond donors (Lipinski definition) is 4. The van der Waals surface area contributed by atoms with Gasteiger partial charge in [-0.2, -0.15) is 11.8 Å².